The first-order valence-electron chi connectivity index (χ1n) is 7.63. The Morgan fingerprint density at radius 3 is 2.29 bits per heavy atom. The Labute approximate surface area is 125 Å². The molecule has 1 saturated carbocycles. The highest BCUT2D eigenvalue weighted by Gasteiger charge is 2.34. The predicted molar refractivity (Wildman–Crippen MR) is 78.7 cm³/mol. The van der Waals surface area contributed by atoms with Gasteiger partial charge in [-0.3, -0.25) is 14.4 Å². The highest BCUT2D eigenvalue weighted by molar-refractivity contribution is 5.80. The van der Waals surface area contributed by atoms with Gasteiger partial charge in [0, 0.05) is 31.5 Å². The number of carbonyl (C=O) groups excluding carboxylic acids is 2. The number of rotatable bonds is 9. The maximum absolute atomic E-state index is 12.2. The number of aliphatic carboxylic acids is 1. The lowest BCUT2D eigenvalue weighted by Gasteiger charge is -2.24. The Morgan fingerprint density at radius 2 is 1.81 bits per heavy atom. The number of carbonyl (C=O) groups is 3. The van der Waals surface area contributed by atoms with Gasteiger partial charge < -0.3 is 15.3 Å². The molecule has 1 aliphatic rings. The molecule has 0 aromatic carbocycles. The first kappa shape index (κ1) is 17.5. The van der Waals surface area contributed by atoms with Crippen LogP contribution in [-0.2, 0) is 14.4 Å². The predicted octanol–water partition coefficient (Wildman–Crippen LogP) is 1.39. The molecular formula is C15H26N2O4. The Bertz CT molecular complexity index is 391. The fourth-order valence-electron chi connectivity index (χ4n) is 2.15. The first-order chi connectivity index (χ1) is 9.81. The molecule has 2 N–H and O–H groups in total. The van der Waals surface area contributed by atoms with E-state index in [9.17, 15) is 14.4 Å². The highest BCUT2D eigenvalue weighted by atomic mass is 16.4. The van der Waals surface area contributed by atoms with Crippen molar-refractivity contribution >= 4 is 17.8 Å². The Balaban J connectivity index is 2.36. The Kier molecular flexibility index (Phi) is 6.65. The van der Waals surface area contributed by atoms with Crippen LogP contribution in [0.15, 0.2) is 0 Å². The summed E-state index contributed by atoms with van der Waals surface area (Å²) < 4.78 is 0. The molecule has 1 atom stereocenters. The second kappa shape index (κ2) is 8.00. The normalized spacial score (nSPS) is 15.6. The van der Waals surface area contributed by atoms with Crippen molar-refractivity contribution in [3.63, 3.8) is 0 Å². The number of nitrogens with zero attached hydrogens (tertiary/aromatic N) is 1. The molecule has 0 spiro atoms. The molecule has 1 unspecified atom stereocenters. The van der Waals surface area contributed by atoms with Gasteiger partial charge in [0.2, 0.25) is 11.8 Å². The van der Waals surface area contributed by atoms with Crippen molar-refractivity contribution in [2.45, 2.75) is 65.0 Å². The zero-order chi connectivity index (χ0) is 16.0. The van der Waals surface area contributed by atoms with Crippen LogP contribution in [0.4, 0.5) is 0 Å². The quantitative estimate of drug-likeness (QED) is 0.673. The van der Waals surface area contributed by atoms with Crippen molar-refractivity contribution in [1.29, 1.82) is 0 Å². The van der Waals surface area contributed by atoms with E-state index < -0.39 is 11.9 Å². The monoisotopic (exact) mass is 298 g/mol. The second-order valence-corrected chi connectivity index (χ2v) is 6.09. The smallest absolute Gasteiger partial charge is 0.308 e. The van der Waals surface area contributed by atoms with E-state index in [1.807, 2.05) is 13.8 Å². The second-order valence-electron chi connectivity index (χ2n) is 6.09. The third-order valence-corrected chi connectivity index (χ3v) is 3.44. The van der Waals surface area contributed by atoms with Crippen molar-refractivity contribution < 1.29 is 19.5 Å². The lowest BCUT2D eigenvalue weighted by molar-refractivity contribution is -0.143. The number of amides is 2. The van der Waals surface area contributed by atoms with E-state index in [4.69, 9.17) is 5.11 Å². The van der Waals surface area contributed by atoms with Crippen LogP contribution in [0.5, 0.6) is 0 Å². The van der Waals surface area contributed by atoms with E-state index in [0.717, 1.165) is 12.8 Å². The topological polar surface area (TPSA) is 86.7 Å². The van der Waals surface area contributed by atoms with E-state index in [2.05, 4.69) is 5.32 Å². The van der Waals surface area contributed by atoms with Crippen molar-refractivity contribution in [2.75, 3.05) is 6.54 Å². The van der Waals surface area contributed by atoms with Gasteiger partial charge in [-0.2, -0.15) is 0 Å². The van der Waals surface area contributed by atoms with Crippen LogP contribution in [0.25, 0.3) is 0 Å². The molecule has 0 heterocycles. The molecule has 2 amide bonds. The molecule has 21 heavy (non-hydrogen) atoms. The molecule has 0 aliphatic heterocycles. The van der Waals surface area contributed by atoms with Crippen molar-refractivity contribution in [3.05, 3.63) is 0 Å². The molecule has 1 aliphatic carbocycles. The molecule has 0 aromatic rings. The van der Waals surface area contributed by atoms with Crippen LogP contribution in [0.3, 0.4) is 0 Å². The van der Waals surface area contributed by atoms with Crippen LogP contribution >= 0.6 is 0 Å². The molecule has 6 nitrogen and oxygen atoms in total. The average Bonchev–Trinajstić information content (AvgIpc) is 3.18. The lowest BCUT2D eigenvalue weighted by atomic mass is 10.1. The SMILES string of the molecule is CC(C)NC(=O)CCCC(=O)N(CC(C)C(=O)O)C1CC1. The summed E-state index contributed by atoms with van der Waals surface area (Å²) in [6.07, 6.45) is 3.03. The minimum Gasteiger partial charge on any atom is -0.481 e. The molecule has 1 fully saturated rings. The van der Waals surface area contributed by atoms with Crippen molar-refractivity contribution in [1.82, 2.24) is 10.2 Å². The number of hydrogen-bond donors (Lipinski definition) is 2. The van der Waals surface area contributed by atoms with Crippen molar-refractivity contribution in [2.24, 2.45) is 5.92 Å². The standard InChI is InChI=1S/C15H26N2O4/c1-10(2)16-13(18)5-4-6-14(19)17(12-7-8-12)9-11(3)15(20)21/h10-12H,4-9H2,1-3H3,(H,16,18)(H,20,21). The van der Waals surface area contributed by atoms with Crippen LogP contribution in [-0.4, -0.2) is 46.4 Å². The Hall–Kier alpha value is -1.59. The third-order valence-electron chi connectivity index (χ3n) is 3.44. The molecule has 0 radical (unpaired) electrons. The minimum absolute atomic E-state index is 0.0389. The fourth-order valence-corrected chi connectivity index (χ4v) is 2.15. The lowest BCUT2D eigenvalue weighted by Crippen LogP contribution is -2.38. The summed E-state index contributed by atoms with van der Waals surface area (Å²) in [5, 5.41) is 11.7. The molecule has 1 rings (SSSR count). The molecule has 6 heteroatoms. The summed E-state index contributed by atoms with van der Waals surface area (Å²) >= 11 is 0. The van der Waals surface area contributed by atoms with Crippen LogP contribution in [0.1, 0.15) is 52.9 Å². The van der Waals surface area contributed by atoms with Gasteiger partial charge in [-0.1, -0.05) is 6.92 Å². The van der Waals surface area contributed by atoms with Crippen LogP contribution in [0, 0.1) is 5.92 Å². The van der Waals surface area contributed by atoms with Crippen molar-refractivity contribution in [3.8, 4) is 0 Å². The van der Waals surface area contributed by atoms with E-state index in [-0.39, 0.29) is 30.4 Å². The molecule has 120 valence electrons. The van der Waals surface area contributed by atoms with Gasteiger partial charge in [0.15, 0.2) is 0 Å². The van der Waals surface area contributed by atoms with Gasteiger partial charge in [-0.15, -0.1) is 0 Å². The zero-order valence-corrected chi connectivity index (χ0v) is 13.1. The highest BCUT2D eigenvalue weighted by Crippen LogP contribution is 2.28. The van der Waals surface area contributed by atoms with Gasteiger partial charge in [-0.25, -0.2) is 0 Å². The molecule has 0 saturated heterocycles. The number of nitrogens with one attached hydrogen (secondary N) is 1. The van der Waals surface area contributed by atoms with Gasteiger partial charge in [0.25, 0.3) is 0 Å². The Morgan fingerprint density at radius 1 is 1.19 bits per heavy atom. The molecule has 0 aromatic heterocycles. The van der Waals surface area contributed by atoms with Gasteiger partial charge in [-0.05, 0) is 33.1 Å². The van der Waals surface area contributed by atoms with E-state index in [1.165, 1.54) is 0 Å². The summed E-state index contributed by atoms with van der Waals surface area (Å²) in [7, 11) is 0. The van der Waals surface area contributed by atoms with Gasteiger partial charge in [0.05, 0.1) is 5.92 Å². The summed E-state index contributed by atoms with van der Waals surface area (Å²) in [6, 6.07) is 0.302. The first-order valence-corrected chi connectivity index (χ1v) is 7.63. The zero-order valence-electron chi connectivity index (χ0n) is 13.1. The summed E-state index contributed by atoms with van der Waals surface area (Å²) in [4.78, 5) is 36.3. The van der Waals surface area contributed by atoms with E-state index in [1.54, 1.807) is 11.8 Å². The summed E-state index contributed by atoms with van der Waals surface area (Å²) in [5.74, 6) is -1.53. The minimum atomic E-state index is -0.884. The average molecular weight is 298 g/mol. The van der Waals surface area contributed by atoms with Gasteiger partial charge in [0.1, 0.15) is 0 Å². The summed E-state index contributed by atoms with van der Waals surface area (Å²) in [6.45, 7) is 5.66. The third kappa shape index (κ3) is 6.60. The van der Waals surface area contributed by atoms with Crippen LogP contribution < -0.4 is 5.32 Å². The number of carboxylic acid groups (broad SMARTS) is 1. The number of hydrogen-bond acceptors (Lipinski definition) is 3. The number of carboxylic acids is 1. The molecule has 0 bridgehead atoms. The molecular weight excluding hydrogens is 272 g/mol. The largest absolute Gasteiger partial charge is 0.481 e. The van der Waals surface area contributed by atoms with Gasteiger partial charge >= 0.3 is 5.97 Å². The maximum Gasteiger partial charge on any atom is 0.308 e. The van der Waals surface area contributed by atoms with E-state index in [0.29, 0.717) is 19.3 Å². The fraction of sp³-hybridized carbons (Fsp3) is 0.800. The van der Waals surface area contributed by atoms with E-state index >= 15 is 0 Å². The van der Waals surface area contributed by atoms with Crippen LogP contribution in [0.2, 0.25) is 0 Å². The summed E-state index contributed by atoms with van der Waals surface area (Å²) in [5.41, 5.74) is 0. The maximum atomic E-state index is 12.2.